The van der Waals surface area contributed by atoms with Crippen molar-refractivity contribution < 1.29 is 0 Å². The van der Waals surface area contributed by atoms with Gasteiger partial charge < -0.3 is 0 Å². The van der Waals surface area contributed by atoms with Gasteiger partial charge in [-0.3, -0.25) is 0 Å². The Labute approximate surface area is 949 Å². The Kier molecular flexibility index (Phi) is 30.6. The number of rotatable bonds is 14. The van der Waals surface area contributed by atoms with Gasteiger partial charge in [0.2, 0.25) is 0 Å². The van der Waals surface area contributed by atoms with E-state index in [4.69, 9.17) is 0 Å². The van der Waals surface area contributed by atoms with Gasteiger partial charge in [-0.1, -0.05) is 260 Å². The highest BCUT2D eigenvalue weighted by Gasteiger charge is 2.51. The fraction of sp³-hybridized carbons (Fsp3) is 0.418. The van der Waals surface area contributed by atoms with Crippen LogP contribution in [0.3, 0.4) is 0 Å². The second kappa shape index (κ2) is 42.5. The molecule has 0 aliphatic heterocycles. The molecule has 0 bridgehead atoms. The molecule has 150 heavy (non-hydrogen) atoms. The summed E-state index contributed by atoms with van der Waals surface area (Å²) in [6, 6.07) is 57.8. The van der Waals surface area contributed by atoms with Crippen LogP contribution in [0.5, 0.6) is 0 Å². The minimum atomic E-state index is 0.489. The van der Waals surface area contributed by atoms with Gasteiger partial charge in [0, 0.05) is 174 Å². The first-order valence-corrected chi connectivity index (χ1v) is 67.0. The molecule has 0 spiro atoms. The van der Waals surface area contributed by atoms with Crippen LogP contribution in [0.2, 0.25) is 0 Å². The summed E-state index contributed by atoms with van der Waals surface area (Å²) in [5.41, 5.74) is 26.4. The average molecular weight is 2240 g/mol. The second-order valence-electron chi connectivity index (χ2n) is 48.2. The van der Waals surface area contributed by atoms with Gasteiger partial charge in [-0.25, -0.2) is 0 Å². The predicted molar refractivity (Wildman–Crippen MR) is 686 cm³/mol. The van der Waals surface area contributed by atoms with E-state index in [0.29, 0.717) is 118 Å². The maximum Gasteiger partial charge on any atom is 0.108 e. The Morgan fingerprint density at radius 1 is 0.207 bits per heavy atom. The summed E-state index contributed by atoms with van der Waals surface area (Å²) in [5.74, 6) is 13.6. The molecular weight excluding hydrogens is 2090 g/mol. The van der Waals surface area contributed by atoms with Gasteiger partial charge in [0.1, 0.15) is 11.0 Å². The fourth-order valence-electron chi connectivity index (χ4n) is 23.5. The van der Waals surface area contributed by atoms with Crippen molar-refractivity contribution in [3.05, 3.63) is 291 Å². The molecule has 14 aromatic heterocycles. The number of nitrogens with zero attached hydrogens (tertiary/aromatic N) is 2. The van der Waals surface area contributed by atoms with E-state index >= 15 is 0 Å². The molecule has 0 fully saturated rings. The van der Waals surface area contributed by atoms with E-state index in [1.54, 1.807) is 73.8 Å². The second-order valence-corrected chi connectivity index (χ2v) is 62.6. The Balaban J connectivity index is 0.000000103. The topological polar surface area (TPSA) is 25.8 Å². The Hall–Kier alpha value is -7.46. The van der Waals surface area contributed by atoms with Crippen molar-refractivity contribution in [3.8, 4) is 41.8 Å². The molecule has 27 rings (SSSR count). The Morgan fingerprint density at radius 3 is 0.820 bits per heavy atom. The first kappa shape index (κ1) is 108. The van der Waals surface area contributed by atoms with Gasteiger partial charge in [0.05, 0.1) is 21.1 Å². The van der Waals surface area contributed by atoms with Crippen molar-refractivity contribution in [2.24, 2.45) is 0 Å². The zero-order valence-corrected chi connectivity index (χ0v) is 106. The van der Waals surface area contributed by atoms with Crippen LogP contribution < -0.4 is 0 Å². The maximum absolute atomic E-state index is 4.41. The zero-order valence-electron chi connectivity index (χ0n) is 94.3. The van der Waals surface area contributed by atoms with Gasteiger partial charge in [-0.05, 0) is 337 Å². The number of fused-ring (bicyclic) bond motifs is 31. The summed E-state index contributed by atoms with van der Waals surface area (Å²) in [6.07, 6.45) is 0. The molecule has 7 aromatic carbocycles. The van der Waals surface area contributed by atoms with Gasteiger partial charge in [0.25, 0.3) is 0 Å². The van der Waals surface area contributed by atoms with Crippen LogP contribution in [0.25, 0.3) is 135 Å². The van der Waals surface area contributed by atoms with Crippen LogP contribution in [0.15, 0.2) is 156 Å². The molecule has 0 N–H and O–H groups in total. The van der Waals surface area contributed by atoms with Crippen molar-refractivity contribution in [2.75, 3.05) is 0 Å². The van der Waals surface area contributed by atoms with Crippen LogP contribution in [0, 0.1) is 0 Å². The average Bonchev–Trinajstić information content (AvgIpc) is 1.54. The lowest BCUT2D eigenvalue weighted by Crippen LogP contribution is -2.04. The molecule has 0 saturated carbocycles. The van der Waals surface area contributed by atoms with Crippen molar-refractivity contribution >= 4 is 252 Å². The molecule has 6 aliphatic carbocycles. The van der Waals surface area contributed by atoms with E-state index in [1.165, 1.54) is 197 Å². The first-order valence-electron chi connectivity index (χ1n) is 55.5. The minimum Gasteiger partial charge on any atom is -0.173 e. The fourth-order valence-corrected chi connectivity index (χ4v) is 40.2. The lowest BCUT2D eigenvalue weighted by atomic mass is 9.88. The van der Waals surface area contributed by atoms with Gasteiger partial charge in [-0.15, -0.1) is 136 Å². The van der Waals surface area contributed by atoms with E-state index < -0.39 is 0 Å². The number of aromatic nitrogens is 2. The molecule has 0 radical (unpaired) electrons. The molecule has 21 aromatic rings. The summed E-state index contributed by atoms with van der Waals surface area (Å²) < 4.78 is 17.5. The molecular formula is C134H150N2S14. The quantitative estimate of drug-likeness (QED) is 0.108. The molecule has 16 heteroatoms. The monoisotopic (exact) mass is 2230 g/mol. The van der Waals surface area contributed by atoms with Crippen molar-refractivity contribution in [2.45, 2.75) is 366 Å². The van der Waals surface area contributed by atoms with Crippen LogP contribution in [-0.4, -0.2) is 8.75 Å². The minimum absolute atomic E-state index is 0.489. The lowest BCUT2D eigenvalue weighted by Gasteiger charge is -2.19. The largest absolute Gasteiger partial charge is 0.173 e. The summed E-state index contributed by atoms with van der Waals surface area (Å²) >= 11 is 27.2. The lowest BCUT2D eigenvalue weighted by molar-refractivity contribution is 0.522. The molecule has 14 heterocycles. The normalized spacial score (nSPS) is 16.7. The highest BCUT2D eigenvalue weighted by Crippen LogP contribution is 2.68. The van der Waals surface area contributed by atoms with Crippen molar-refractivity contribution in [1.82, 2.24) is 8.75 Å². The van der Waals surface area contributed by atoms with Gasteiger partial charge in [-0.2, -0.15) is 20.1 Å². The smallest absolute Gasteiger partial charge is 0.108 e. The van der Waals surface area contributed by atoms with E-state index in [2.05, 4.69) is 423 Å². The highest BCUT2D eigenvalue weighted by molar-refractivity contribution is 7.28. The molecule has 2 nitrogen and oxygen atoms in total. The molecule has 780 valence electrons. The molecule has 6 unspecified atom stereocenters. The Morgan fingerprint density at radius 2 is 0.480 bits per heavy atom. The van der Waals surface area contributed by atoms with Crippen LogP contribution in [-0.2, 0) is 0 Å². The van der Waals surface area contributed by atoms with Crippen LogP contribution >= 0.6 is 159 Å². The van der Waals surface area contributed by atoms with E-state index in [-0.39, 0.29) is 0 Å². The van der Waals surface area contributed by atoms with Crippen LogP contribution in [0.1, 0.15) is 501 Å². The molecule has 0 saturated heterocycles. The van der Waals surface area contributed by atoms with Gasteiger partial charge >= 0.3 is 0 Å². The highest BCUT2D eigenvalue weighted by atomic mass is 32.2. The maximum atomic E-state index is 4.41. The summed E-state index contributed by atoms with van der Waals surface area (Å²) in [4.78, 5) is 27.9. The first-order chi connectivity index (χ1) is 71.4. The molecule has 6 aliphatic rings. The molecule has 0 amide bonds. The number of hydrogen-bond acceptors (Lipinski definition) is 16. The standard InChI is InChI=1S/C24H24S2.C24H26S2.C20H26S2.C20H20S2.C18H18S3.C16H20S2.C12H16N2S/c1-12(2)21-8-15-6-19-17(10-23(15)25-21)14(5)18-11-24-16(7-20(18)19)9-22(26-24)13(3)4;1-11(2)21-9-17-13(5)15-8-20-16(7-19(15)23(17)25-21)14(6)18-10-22(12(3)4)26-24(18)20;1-9(2)15-7-13-11(5)18-17(19(13)21-15)12(6)14-8-16(10(3)4)22-20(14)18;1-11(2)19-9-15-13-6-8-18-16(10-20(22-18)12(3)4)14(13)5-7-17(15)21-19;1-9(2)15-5-11-13-7-19-8-14(13)12-6-16(10(3)4)21-18(12)17(11)20-15;1-8(2)13-6-11-10(5)12-7-14(9(3)4)18-16(12)15(11)17-13;1-7(2)9-5-6-10(8(3)4)12-11(9)13-15-14-12/h6-14H,1-5H3;7-14H,1-6H3;7-12,17-18H,1-6H3;5-12H,1-4H3;5-10H,1-4H3;6-10H,1-5H3;5-8H,1-4H3. The van der Waals surface area contributed by atoms with Crippen molar-refractivity contribution in [3.63, 3.8) is 0 Å². The molecule has 6 atom stereocenters. The third-order valence-corrected chi connectivity index (χ3v) is 51.9. The van der Waals surface area contributed by atoms with E-state index in [9.17, 15) is 0 Å². The Bertz CT molecular complexity index is 8160. The van der Waals surface area contributed by atoms with E-state index in [0.717, 1.165) is 22.9 Å². The zero-order chi connectivity index (χ0) is 106. The SMILES string of the molecule is CC(C)c1cc2c(ccc3c4cc(C(C)C)sc4ccc23)s1.CC(C)c1cc2c(s1)-c1cc3c(cc1C2C)-c1sc(C(C)C)cc1C3C.CC(C)c1cc2c(s1)-c1sc(C(C)C)cc1C2C.CC(C)c1cc2c(s1)C1C(C)c3cc(C(C)C)sc3C1C2C.CC(C)c1cc2c3cscc3c3cc(C(C)C)sc3c2s1.CC(C)c1cc2cc3c(cc2s1)C(C)c1cc2sc(C(C)C)cc2cc1-3.CC(C)c1ccc(C(C)C)c2nsnc12. The van der Waals surface area contributed by atoms with Crippen LogP contribution in [0.4, 0.5) is 0 Å². The van der Waals surface area contributed by atoms with Gasteiger partial charge in [0.15, 0.2) is 0 Å². The third-order valence-electron chi connectivity index (χ3n) is 32.9. The van der Waals surface area contributed by atoms with Crippen molar-refractivity contribution in [1.29, 1.82) is 0 Å². The predicted octanol–water partition coefficient (Wildman–Crippen LogP) is 49.2. The summed E-state index contributed by atoms with van der Waals surface area (Å²) in [6.45, 7) is 78.4. The summed E-state index contributed by atoms with van der Waals surface area (Å²) in [7, 11) is 0. The van der Waals surface area contributed by atoms with E-state index in [1.807, 2.05) is 125 Å². The number of hydrogen-bond donors (Lipinski definition) is 0. The summed E-state index contributed by atoms with van der Waals surface area (Å²) in [5, 5.41) is 18.9. The third kappa shape index (κ3) is 19.4. The number of thiophene rings is 13. The number of benzene rings is 7.